The van der Waals surface area contributed by atoms with Gasteiger partial charge in [-0.1, -0.05) is 0 Å². The summed E-state index contributed by atoms with van der Waals surface area (Å²) in [5.41, 5.74) is 1.17. The molecule has 0 aromatic heterocycles. The van der Waals surface area contributed by atoms with Crippen LogP contribution < -0.4 is 15.4 Å². The van der Waals surface area contributed by atoms with E-state index in [2.05, 4.69) is 10.6 Å². The van der Waals surface area contributed by atoms with E-state index in [4.69, 9.17) is 4.74 Å². The average molecular weight is 429 g/mol. The summed E-state index contributed by atoms with van der Waals surface area (Å²) >= 11 is 0. The van der Waals surface area contributed by atoms with Gasteiger partial charge in [-0.2, -0.15) is 0 Å². The summed E-state index contributed by atoms with van der Waals surface area (Å²) in [5, 5.41) is 5.30. The highest BCUT2D eigenvalue weighted by Gasteiger charge is 2.47. The van der Waals surface area contributed by atoms with Crippen molar-refractivity contribution >= 4 is 17.6 Å². The van der Waals surface area contributed by atoms with Gasteiger partial charge in [-0.3, -0.25) is 4.79 Å². The molecule has 2 N–H and O–H groups in total. The summed E-state index contributed by atoms with van der Waals surface area (Å²) in [6.07, 6.45) is 0.676. The quantitative estimate of drug-likeness (QED) is 0.780. The van der Waals surface area contributed by atoms with Crippen LogP contribution in [0.5, 0.6) is 5.75 Å². The summed E-state index contributed by atoms with van der Waals surface area (Å²) in [6.45, 7) is 6.47. The average Bonchev–Trinajstić information content (AvgIpc) is 3.27. The second-order valence-corrected chi connectivity index (χ2v) is 8.89. The van der Waals surface area contributed by atoms with E-state index < -0.39 is 35.2 Å². The summed E-state index contributed by atoms with van der Waals surface area (Å²) < 4.78 is 33.5. The van der Waals surface area contributed by atoms with E-state index in [1.807, 2.05) is 20.8 Å². The normalized spacial score (nSPS) is 20.4. The zero-order chi connectivity index (χ0) is 22.3. The lowest BCUT2D eigenvalue weighted by molar-refractivity contribution is -0.133. The molecule has 3 amide bonds. The maximum absolute atomic E-state index is 15.0. The Morgan fingerprint density at radius 1 is 1.16 bits per heavy atom. The van der Waals surface area contributed by atoms with Crippen LogP contribution in [0, 0.1) is 11.6 Å². The third kappa shape index (κ3) is 4.19. The molecule has 2 aliphatic heterocycles. The number of benzene rings is 2. The first-order valence-corrected chi connectivity index (χ1v) is 10.2. The minimum atomic E-state index is -0.936. The first kappa shape index (κ1) is 21.1. The van der Waals surface area contributed by atoms with Crippen molar-refractivity contribution in [2.75, 3.05) is 18.5 Å². The molecule has 2 aromatic rings. The number of anilines is 1. The van der Waals surface area contributed by atoms with Gasteiger partial charge in [0, 0.05) is 36.2 Å². The molecule has 0 unspecified atom stereocenters. The molecule has 4 rings (SSSR count). The van der Waals surface area contributed by atoms with Crippen molar-refractivity contribution in [2.24, 2.45) is 0 Å². The lowest BCUT2D eigenvalue weighted by Gasteiger charge is -2.32. The van der Waals surface area contributed by atoms with Crippen LogP contribution in [-0.4, -0.2) is 41.6 Å². The molecule has 8 heteroatoms. The number of hydrogen-bond donors (Lipinski definition) is 2. The molecule has 164 valence electrons. The highest BCUT2D eigenvalue weighted by Crippen LogP contribution is 2.38. The number of rotatable bonds is 3. The van der Waals surface area contributed by atoms with E-state index in [0.29, 0.717) is 30.0 Å². The van der Waals surface area contributed by atoms with Gasteiger partial charge in [0.1, 0.15) is 23.4 Å². The van der Waals surface area contributed by atoms with Crippen molar-refractivity contribution in [1.82, 2.24) is 10.2 Å². The number of nitrogens with zero attached hydrogens (tertiary/aromatic N) is 1. The van der Waals surface area contributed by atoms with Gasteiger partial charge in [-0.25, -0.2) is 13.6 Å². The molecule has 0 bridgehead atoms. The van der Waals surface area contributed by atoms with Gasteiger partial charge >= 0.3 is 6.03 Å². The van der Waals surface area contributed by atoms with Gasteiger partial charge in [0.2, 0.25) is 5.91 Å². The second kappa shape index (κ2) is 7.83. The minimum absolute atomic E-state index is 0.275. The first-order valence-electron chi connectivity index (χ1n) is 10.2. The number of urea groups is 1. The topological polar surface area (TPSA) is 70.7 Å². The van der Waals surface area contributed by atoms with Crippen molar-refractivity contribution in [3.63, 3.8) is 0 Å². The fourth-order valence-electron chi connectivity index (χ4n) is 4.12. The number of halogens is 2. The first-order chi connectivity index (χ1) is 14.6. The van der Waals surface area contributed by atoms with Crippen molar-refractivity contribution < 1.29 is 23.1 Å². The Morgan fingerprint density at radius 3 is 2.55 bits per heavy atom. The largest absolute Gasteiger partial charge is 0.493 e. The Kier molecular flexibility index (Phi) is 5.33. The fraction of sp³-hybridized carbons (Fsp3) is 0.391. The molecule has 2 aromatic carbocycles. The summed E-state index contributed by atoms with van der Waals surface area (Å²) in [4.78, 5) is 27.5. The molecule has 2 atom stereocenters. The monoisotopic (exact) mass is 429 g/mol. The Labute approximate surface area is 179 Å². The number of hydrogen-bond acceptors (Lipinski definition) is 3. The third-order valence-corrected chi connectivity index (χ3v) is 5.72. The zero-order valence-corrected chi connectivity index (χ0v) is 17.7. The highest BCUT2D eigenvalue weighted by molar-refractivity contribution is 5.95. The van der Waals surface area contributed by atoms with Crippen molar-refractivity contribution in [2.45, 2.75) is 44.7 Å². The summed E-state index contributed by atoms with van der Waals surface area (Å²) in [5.74, 6) is -1.19. The van der Waals surface area contributed by atoms with Gasteiger partial charge in [0.05, 0.1) is 6.61 Å². The zero-order valence-electron chi connectivity index (χ0n) is 17.7. The van der Waals surface area contributed by atoms with Crippen LogP contribution in [0.3, 0.4) is 0 Å². The number of likely N-dealkylation sites (tertiary alicyclic amines) is 1. The van der Waals surface area contributed by atoms with E-state index in [-0.39, 0.29) is 12.5 Å². The number of nitrogens with one attached hydrogen (secondary N) is 2. The molecule has 0 spiro atoms. The maximum atomic E-state index is 15.0. The van der Waals surface area contributed by atoms with Gasteiger partial charge in [0.15, 0.2) is 0 Å². The van der Waals surface area contributed by atoms with E-state index in [0.717, 1.165) is 5.56 Å². The fourth-order valence-corrected chi connectivity index (χ4v) is 4.12. The maximum Gasteiger partial charge on any atom is 0.319 e. The van der Waals surface area contributed by atoms with Gasteiger partial charge < -0.3 is 20.3 Å². The molecule has 2 heterocycles. The molecule has 2 aliphatic rings. The second-order valence-electron chi connectivity index (χ2n) is 8.89. The Hall–Kier alpha value is -3.16. The van der Waals surface area contributed by atoms with E-state index in [9.17, 15) is 18.4 Å². The molecule has 1 fully saturated rings. The predicted octanol–water partition coefficient (Wildman–Crippen LogP) is 3.81. The van der Waals surface area contributed by atoms with Crippen LogP contribution in [0.25, 0.3) is 0 Å². The number of carbonyl (C=O) groups excluding carboxylic acids is 2. The molecule has 0 radical (unpaired) electrons. The van der Waals surface area contributed by atoms with Crippen LogP contribution in [0.4, 0.5) is 19.3 Å². The van der Waals surface area contributed by atoms with Crippen LogP contribution in [0.2, 0.25) is 0 Å². The van der Waals surface area contributed by atoms with Gasteiger partial charge in [-0.15, -0.1) is 0 Å². The molecule has 6 nitrogen and oxygen atoms in total. The Morgan fingerprint density at radius 2 is 1.87 bits per heavy atom. The number of carbonyl (C=O) groups is 2. The van der Waals surface area contributed by atoms with Gasteiger partial charge in [0.25, 0.3) is 0 Å². The lowest BCUT2D eigenvalue weighted by atomic mass is 9.91. The van der Waals surface area contributed by atoms with Crippen LogP contribution >= 0.6 is 0 Å². The summed E-state index contributed by atoms with van der Waals surface area (Å²) in [7, 11) is 0. The lowest BCUT2D eigenvalue weighted by Crippen LogP contribution is -2.49. The van der Waals surface area contributed by atoms with E-state index in [1.165, 1.54) is 30.3 Å². The third-order valence-electron chi connectivity index (χ3n) is 5.72. The van der Waals surface area contributed by atoms with E-state index >= 15 is 0 Å². The Balaban J connectivity index is 1.62. The molecule has 31 heavy (non-hydrogen) atoms. The Bertz CT molecular complexity index is 1020. The number of amides is 3. The standard InChI is InChI=1S/C23H25F2N3O3/c1-23(2,3)28-12-17(16-10-13-8-9-31-19(13)11-18(16)25)20(21(28)29)27-22(30)26-15-6-4-14(24)5-7-15/h4-7,10-11,17,20H,8-9,12H2,1-3H3,(H2,26,27,30)/t17-,20-/m0/s1. The van der Waals surface area contributed by atoms with Crippen LogP contribution in [0.15, 0.2) is 36.4 Å². The summed E-state index contributed by atoms with van der Waals surface area (Å²) in [6, 6.07) is 6.84. The molecular formula is C23H25F2N3O3. The van der Waals surface area contributed by atoms with Crippen LogP contribution in [-0.2, 0) is 11.2 Å². The van der Waals surface area contributed by atoms with Crippen LogP contribution in [0.1, 0.15) is 37.8 Å². The molecular weight excluding hydrogens is 404 g/mol. The minimum Gasteiger partial charge on any atom is -0.493 e. The van der Waals surface area contributed by atoms with Gasteiger partial charge in [-0.05, 0) is 62.2 Å². The van der Waals surface area contributed by atoms with Crippen molar-refractivity contribution in [3.05, 3.63) is 59.2 Å². The molecule has 1 saturated heterocycles. The molecule has 0 aliphatic carbocycles. The van der Waals surface area contributed by atoms with Crippen molar-refractivity contribution in [1.29, 1.82) is 0 Å². The highest BCUT2D eigenvalue weighted by atomic mass is 19.1. The smallest absolute Gasteiger partial charge is 0.319 e. The SMILES string of the molecule is CC(C)(C)N1C[C@@H](c2cc3c(cc2F)OCC3)[C@H](NC(=O)Nc2ccc(F)cc2)C1=O. The van der Waals surface area contributed by atoms with E-state index in [1.54, 1.807) is 11.0 Å². The number of ether oxygens (including phenoxy) is 1. The number of fused-ring (bicyclic) bond motifs is 1. The molecule has 0 saturated carbocycles. The predicted molar refractivity (Wildman–Crippen MR) is 112 cm³/mol. The van der Waals surface area contributed by atoms with Crippen molar-refractivity contribution in [3.8, 4) is 5.75 Å².